The van der Waals surface area contributed by atoms with Gasteiger partial charge < -0.3 is 5.32 Å². The molecule has 6 heteroatoms. The fourth-order valence-corrected chi connectivity index (χ4v) is 3.10. The maximum absolute atomic E-state index is 11.8. The zero-order chi connectivity index (χ0) is 16.8. The predicted octanol–water partition coefficient (Wildman–Crippen LogP) is 3.40. The van der Waals surface area contributed by atoms with Gasteiger partial charge in [-0.15, -0.1) is 10.2 Å². The molecule has 3 rings (SSSR count). The number of hydrogen-bond acceptors (Lipinski definition) is 4. The first-order valence-electron chi connectivity index (χ1n) is 8.01. The second kappa shape index (κ2) is 7.97. The lowest BCUT2D eigenvalue weighted by molar-refractivity contribution is -0.113. The third kappa shape index (κ3) is 4.14. The summed E-state index contributed by atoms with van der Waals surface area (Å²) in [5.41, 5.74) is 2.81. The van der Waals surface area contributed by atoms with Crippen LogP contribution in [0.1, 0.15) is 24.7 Å². The average Bonchev–Trinajstić information content (AvgIpc) is 3.00. The van der Waals surface area contributed by atoms with Crippen LogP contribution in [0, 0.1) is 0 Å². The predicted molar refractivity (Wildman–Crippen MR) is 98.5 cm³/mol. The Kier molecular flexibility index (Phi) is 5.48. The van der Waals surface area contributed by atoms with Gasteiger partial charge in [-0.25, -0.2) is 0 Å². The molecule has 0 spiro atoms. The second-order valence-electron chi connectivity index (χ2n) is 5.52. The fourth-order valence-electron chi connectivity index (χ4n) is 2.41. The maximum atomic E-state index is 11.8. The highest BCUT2D eigenvalue weighted by molar-refractivity contribution is 7.99. The molecule has 1 N–H and O–H groups in total. The zero-order valence-corrected chi connectivity index (χ0v) is 14.4. The Morgan fingerprint density at radius 2 is 2.00 bits per heavy atom. The minimum absolute atomic E-state index is 0.0460. The van der Waals surface area contributed by atoms with Gasteiger partial charge in [0, 0.05) is 18.3 Å². The van der Waals surface area contributed by atoms with Crippen LogP contribution in [0.3, 0.4) is 0 Å². The Morgan fingerprint density at radius 1 is 1.17 bits per heavy atom. The van der Waals surface area contributed by atoms with E-state index in [0.29, 0.717) is 12.2 Å². The molecule has 0 fully saturated rings. The monoisotopic (exact) mass is 340 g/mol. The van der Waals surface area contributed by atoms with Crippen LogP contribution in [0.2, 0.25) is 0 Å². The largest absolute Gasteiger partial charge is 0.325 e. The van der Waals surface area contributed by atoms with Gasteiger partial charge in [0.15, 0.2) is 5.65 Å². The van der Waals surface area contributed by atoms with Crippen LogP contribution in [-0.2, 0) is 11.2 Å². The van der Waals surface area contributed by atoms with Gasteiger partial charge in [0.2, 0.25) is 5.91 Å². The number of carbonyl (C=O) groups is 1. The highest BCUT2D eigenvalue weighted by Crippen LogP contribution is 2.14. The van der Waals surface area contributed by atoms with E-state index in [2.05, 4.69) is 22.4 Å². The standard InChI is InChI=1S/C18H20N4OS/c1-2-11-24-13-18(23)19-15-8-6-14(7-9-15)12-17-21-20-16-5-3-4-10-22(16)17/h3-10H,2,11-13H2,1H3,(H,19,23). The van der Waals surface area contributed by atoms with Crippen molar-refractivity contribution in [3.05, 3.63) is 60.0 Å². The summed E-state index contributed by atoms with van der Waals surface area (Å²) in [5.74, 6) is 2.46. The van der Waals surface area contributed by atoms with Crippen LogP contribution in [-0.4, -0.2) is 32.0 Å². The summed E-state index contributed by atoms with van der Waals surface area (Å²) < 4.78 is 1.99. The summed E-state index contributed by atoms with van der Waals surface area (Å²) >= 11 is 1.66. The van der Waals surface area contributed by atoms with Gasteiger partial charge >= 0.3 is 0 Å². The van der Waals surface area contributed by atoms with Crippen LogP contribution >= 0.6 is 11.8 Å². The lowest BCUT2D eigenvalue weighted by Gasteiger charge is -2.06. The van der Waals surface area contributed by atoms with Crippen molar-refractivity contribution >= 4 is 29.0 Å². The Hall–Kier alpha value is -2.34. The van der Waals surface area contributed by atoms with E-state index in [4.69, 9.17) is 0 Å². The summed E-state index contributed by atoms with van der Waals surface area (Å²) in [6, 6.07) is 13.7. The third-order valence-electron chi connectivity index (χ3n) is 3.57. The van der Waals surface area contributed by atoms with Crippen molar-refractivity contribution in [1.29, 1.82) is 0 Å². The molecule has 0 aliphatic heterocycles. The summed E-state index contributed by atoms with van der Waals surface area (Å²) in [6.45, 7) is 2.11. The van der Waals surface area contributed by atoms with E-state index in [1.54, 1.807) is 11.8 Å². The summed E-state index contributed by atoms with van der Waals surface area (Å²) in [7, 11) is 0. The Balaban J connectivity index is 1.61. The van der Waals surface area contributed by atoms with E-state index in [1.807, 2.05) is 53.1 Å². The van der Waals surface area contributed by atoms with Crippen molar-refractivity contribution in [3.63, 3.8) is 0 Å². The number of benzene rings is 1. The average molecular weight is 340 g/mol. The normalized spacial score (nSPS) is 10.9. The van der Waals surface area contributed by atoms with Gasteiger partial charge in [-0.1, -0.05) is 25.1 Å². The Labute approximate surface area is 145 Å². The number of nitrogens with one attached hydrogen (secondary N) is 1. The molecular formula is C18H20N4OS. The lowest BCUT2D eigenvalue weighted by atomic mass is 10.1. The van der Waals surface area contributed by atoms with Crippen LogP contribution in [0.25, 0.3) is 5.65 Å². The number of pyridine rings is 1. The summed E-state index contributed by atoms with van der Waals surface area (Å²) in [6.07, 6.45) is 3.75. The molecule has 0 unspecified atom stereocenters. The highest BCUT2D eigenvalue weighted by Gasteiger charge is 2.06. The molecule has 3 aromatic rings. The van der Waals surface area contributed by atoms with E-state index in [1.165, 1.54) is 0 Å². The van der Waals surface area contributed by atoms with E-state index in [9.17, 15) is 4.79 Å². The lowest BCUT2D eigenvalue weighted by Crippen LogP contribution is -2.14. The van der Waals surface area contributed by atoms with Crippen molar-refractivity contribution in [1.82, 2.24) is 14.6 Å². The molecular weight excluding hydrogens is 320 g/mol. The van der Waals surface area contributed by atoms with Crippen LogP contribution < -0.4 is 5.32 Å². The van der Waals surface area contributed by atoms with Gasteiger partial charge in [-0.05, 0) is 42.0 Å². The van der Waals surface area contributed by atoms with E-state index < -0.39 is 0 Å². The minimum atomic E-state index is 0.0460. The van der Waals surface area contributed by atoms with Crippen molar-refractivity contribution < 1.29 is 4.79 Å². The van der Waals surface area contributed by atoms with Gasteiger partial charge in [-0.3, -0.25) is 9.20 Å². The number of hydrogen-bond donors (Lipinski definition) is 1. The molecule has 0 saturated heterocycles. The third-order valence-corrected chi connectivity index (χ3v) is 4.73. The van der Waals surface area contributed by atoms with E-state index in [-0.39, 0.29) is 5.91 Å². The Bertz CT molecular complexity index is 813. The minimum Gasteiger partial charge on any atom is -0.325 e. The fraction of sp³-hybridized carbons (Fsp3) is 0.278. The van der Waals surface area contributed by atoms with Gasteiger partial charge in [0.25, 0.3) is 0 Å². The molecule has 0 radical (unpaired) electrons. The van der Waals surface area contributed by atoms with Crippen molar-refractivity contribution in [2.45, 2.75) is 19.8 Å². The summed E-state index contributed by atoms with van der Waals surface area (Å²) in [5, 5.41) is 11.3. The number of carbonyl (C=O) groups excluding carboxylic acids is 1. The quantitative estimate of drug-likeness (QED) is 0.670. The van der Waals surface area contributed by atoms with Crippen molar-refractivity contribution in [2.75, 3.05) is 16.8 Å². The number of aromatic nitrogens is 3. The molecule has 0 saturated carbocycles. The molecule has 0 bridgehead atoms. The van der Waals surface area contributed by atoms with Crippen molar-refractivity contribution in [2.24, 2.45) is 0 Å². The molecule has 5 nitrogen and oxygen atoms in total. The Morgan fingerprint density at radius 3 is 2.79 bits per heavy atom. The molecule has 124 valence electrons. The number of nitrogens with zero attached hydrogens (tertiary/aromatic N) is 3. The molecule has 1 aromatic carbocycles. The maximum Gasteiger partial charge on any atom is 0.234 e. The van der Waals surface area contributed by atoms with Crippen LogP contribution in [0.5, 0.6) is 0 Å². The first-order chi connectivity index (χ1) is 11.8. The topological polar surface area (TPSA) is 59.3 Å². The molecule has 2 heterocycles. The number of thioether (sulfide) groups is 1. The zero-order valence-electron chi connectivity index (χ0n) is 13.6. The van der Waals surface area contributed by atoms with Gasteiger partial charge in [0.1, 0.15) is 5.82 Å². The van der Waals surface area contributed by atoms with Gasteiger partial charge in [0.05, 0.1) is 5.75 Å². The van der Waals surface area contributed by atoms with Crippen LogP contribution in [0.15, 0.2) is 48.7 Å². The molecule has 1 amide bonds. The SMILES string of the molecule is CCCSCC(=O)Nc1ccc(Cc2nnc3ccccn23)cc1. The van der Waals surface area contributed by atoms with E-state index in [0.717, 1.165) is 34.9 Å². The number of anilines is 1. The second-order valence-corrected chi connectivity index (χ2v) is 6.62. The first-order valence-corrected chi connectivity index (χ1v) is 9.17. The molecule has 0 aliphatic rings. The molecule has 24 heavy (non-hydrogen) atoms. The number of amides is 1. The first kappa shape index (κ1) is 16.5. The number of rotatable bonds is 7. The van der Waals surface area contributed by atoms with Gasteiger partial charge in [-0.2, -0.15) is 11.8 Å². The highest BCUT2D eigenvalue weighted by atomic mass is 32.2. The number of fused-ring (bicyclic) bond motifs is 1. The molecule has 0 aliphatic carbocycles. The van der Waals surface area contributed by atoms with E-state index >= 15 is 0 Å². The molecule has 2 aromatic heterocycles. The molecule has 0 atom stereocenters. The van der Waals surface area contributed by atoms with Crippen molar-refractivity contribution in [3.8, 4) is 0 Å². The smallest absolute Gasteiger partial charge is 0.234 e. The van der Waals surface area contributed by atoms with Crippen LogP contribution in [0.4, 0.5) is 5.69 Å². The summed E-state index contributed by atoms with van der Waals surface area (Å²) in [4.78, 5) is 11.8.